The molecular weight excluding hydrogens is 378 g/mol. The molecule has 6 nitrogen and oxygen atoms in total. The van der Waals surface area contributed by atoms with Crippen molar-refractivity contribution in [3.8, 4) is 5.75 Å². The van der Waals surface area contributed by atoms with Crippen molar-refractivity contribution in [2.24, 2.45) is 0 Å². The normalized spacial score (nSPS) is 13.5. The third-order valence-electron chi connectivity index (χ3n) is 4.68. The lowest BCUT2D eigenvalue weighted by molar-refractivity contribution is -0.146. The minimum Gasteiger partial charge on any atom is -0.497 e. The van der Waals surface area contributed by atoms with E-state index < -0.39 is 20.6 Å². The fraction of sp³-hybridized carbons (Fsp3) is 0.429. The molecule has 0 saturated carbocycles. The van der Waals surface area contributed by atoms with Gasteiger partial charge in [-0.15, -0.1) is 0 Å². The molecule has 152 valence electrons. The van der Waals surface area contributed by atoms with Crippen LogP contribution in [0.2, 0.25) is 0 Å². The van der Waals surface area contributed by atoms with Crippen molar-refractivity contribution in [1.82, 2.24) is 4.98 Å². The predicted octanol–water partition coefficient (Wildman–Crippen LogP) is 3.60. The summed E-state index contributed by atoms with van der Waals surface area (Å²) in [5, 5.41) is 0. The van der Waals surface area contributed by atoms with E-state index in [9.17, 15) is 13.2 Å². The Hall–Kier alpha value is -2.41. The van der Waals surface area contributed by atoms with Crippen LogP contribution in [0.15, 0.2) is 53.7 Å². The molecule has 2 rings (SSSR count). The second-order valence-electron chi connectivity index (χ2n) is 6.54. The van der Waals surface area contributed by atoms with Gasteiger partial charge in [0.25, 0.3) is 0 Å². The third-order valence-corrected chi connectivity index (χ3v) is 7.11. The molecule has 7 heteroatoms. The summed E-state index contributed by atoms with van der Waals surface area (Å²) in [6, 6.07) is 9.59. The highest BCUT2D eigenvalue weighted by atomic mass is 32.2. The fourth-order valence-corrected chi connectivity index (χ4v) is 5.13. The summed E-state index contributed by atoms with van der Waals surface area (Å²) in [5.41, 5.74) is 0.670. The van der Waals surface area contributed by atoms with Gasteiger partial charge >= 0.3 is 5.97 Å². The average Bonchev–Trinajstić information content (AvgIpc) is 2.71. The number of pyridine rings is 1. The molecule has 0 fully saturated rings. The van der Waals surface area contributed by atoms with Gasteiger partial charge in [-0.3, -0.25) is 9.78 Å². The van der Waals surface area contributed by atoms with Crippen molar-refractivity contribution in [1.29, 1.82) is 0 Å². The van der Waals surface area contributed by atoms with Gasteiger partial charge in [0.05, 0.1) is 18.6 Å². The van der Waals surface area contributed by atoms with Crippen molar-refractivity contribution >= 4 is 15.8 Å². The van der Waals surface area contributed by atoms with E-state index in [-0.39, 0.29) is 24.3 Å². The van der Waals surface area contributed by atoms with Crippen LogP contribution in [0.3, 0.4) is 0 Å². The second kappa shape index (κ2) is 9.68. The Morgan fingerprint density at radius 3 is 2.39 bits per heavy atom. The number of unbranched alkanes of at least 4 members (excludes halogenated alkanes) is 1. The summed E-state index contributed by atoms with van der Waals surface area (Å²) in [6.07, 6.45) is 4.71. The van der Waals surface area contributed by atoms with E-state index in [0.717, 1.165) is 6.42 Å². The fourth-order valence-electron chi connectivity index (χ4n) is 3.14. The van der Waals surface area contributed by atoms with Crippen molar-refractivity contribution in [2.45, 2.75) is 49.2 Å². The van der Waals surface area contributed by atoms with E-state index in [1.165, 1.54) is 19.2 Å². The van der Waals surface area contributed by atoms with E-state index in [1.807, 2.05) is 6.92 Å². The summed E-state index contributed by atoms with van der Waals surface area (Å²) in [4.78, 5) is 17.2. The Bertz CT molecular complexity index is 865. The Morgan fingerprint density at radius 1 is 1.14 bits per heavy atom. The van der Waals surface area contributed by atoms with E-state index in [0.29, 0.717) is 17.7 Å². The number of esters is 1. The first-order valence-electron chi connectivity index (χ1n) is 9.36. The summed E-state index contributed by atoms with van der Waals surface area (Å²) >= 11 is 0. The molecule has 28 heavy (non-hydrogen) atoms. The molecule has 1 heterocycles. The number of hydrogen-bond donors (Lipinski definition) is 0. The van der Waals surface area contributed by atoms with Crippen LogP contribution in [0.4, 0.5) is 0 Å². The van der Waals surface area contributed by atoms with E-state index in [2.05, 4.69) is 4.98 Å². The number of aromatic nitrogens is 1. The zero-order chi connectivity index (χ0) is 20.6. The Labute approximate surface area is 166 Å². The first-order valence-corrected chi connectivity index (χ1v) is 10.8. The molecule has 0 aliphatic rings. The van der Waals surface area contributed by atoms with Crippen molar-refractivity contribution in [3.05, 3.63) is 54.4 Å². The minimum atomic E-state index is -4.04. The van der Waals surface area contributed by atoms with Crippen molar-refractivity contribution < 1.29 is 22.7 Å². The van der Waals surface area contributed by atoms with Crippen LogP contribution in [-0.4, -0.2) is 37.8 Å². The summed E-state index contributed by atoms with van der Waals surface area (Å²) < 4.78 is 36.1. The van der Waals surface area contributed by atoms with Crippen LogP contribution in [0.1, 0.15) is 38.7 Å². The largest absolute Gasteiger partial charge is 0.497 e. The molecule has 1 aromatic heterocycles. The lowest BCUT2D eigenvalue weighted by atomic mass is 9.93. The first kappa shape index (κ1) is 21.9. The zero-order valence-electron chi connectivity index (χ0n) is 16.6. The Morgan fingerprint density at radius 2 is 1.86 bits per heavy atom. The number of ether oxygens (including phenoxy) is 2. The van der Waals surface area contributed by atoms with E-state index in [4.69, 9.17) is 9.47 Å². The van der Waals surface area contributed by atoms with Crippen LogP contribution in [0.25, 0.3) is 0 Å². The van der Waals surface area contributed by atoms with Gasteiger partial charge in [-0.25, -0.2) is 8.42 Å². The van der Waals surface area contributed by atoms with Gasteiger partial charge in [-0.05, 0) is 49.2 Å². The second-order valence-corrected chi connectivity index (χ2v) is 8.80. The molecule has 1 aromatic carbocycles. The number of nitrogens with zero attached hydrogens (tertiary/aromatic N) is 1. The highest BCUT2D eigenvalue weighted by molar-refractivity contribution is 7.93. The summed E-state index contributed by atoms with van der Waals surface area (Å²) in [6.45, 7) is 3.74. The SMILES string of the molecule is CCCCC(Cc1cccnc1)(C(=O)OCC)S(=O)(=O)c1ccc(OC)cc1. The molecule has 0 saturated heterocycles. The van der Waals surface area contributed by atoms with Crippen LogP contribution in [-0.2, 0) is 25.8 Å². The van der Waals surface area contributed by atoms with Gasteiger partial charge in [-0.1, -0.05) is 25.8 Å². The molecule has 0 aliphatic carbocycles. The number of benzene rings is 1. The molecule has 0 amide bonds. The lowest BCUT2D eigenvalue weighted by Gasteiger charge is -2.31. The van der Waals surface area contributed by atoms with Crippen molar-refractivity contribution in [3.63, 3.8) is 0 Å². The number of sulfone groups is 1. The maximum Gasteiger partial charge on any atom is 0.328 e. The molecule has 0 bridgehead atoms. The van der Waals surface area contributed by atoms with E-state index in [1.54, 1.807) is 43.6 Å². The molecule has 0 N–H and O–H groups in total. The summed E-state index contributed by atoms with van der Waals surface area (Å²) in [5.74, 6) is -0.176. The number of hydrogen-bond acceptors (Lipinski definition) is 6. The highest BCUT2D eigenvalue weighted by Crippen LogP contribution is 2.36. The lowest BCUT2D eigenvalue weighted by Crippen LogP contribution is -2.49. The first-order chi connectivity index (χ1) is 13.4. The Kier molecular flexibility index (Phi) is 7.57. The monoisotopic (exact) mass is 405 g/mol. The van der Waals surface area contributed by atoms with Gasteiger partial charge in [0.2, 0.25) is 0 Å². The standard InChI is InChI=1S/C21H27NO5S/c1-4-6-13-21(20(23)27-5-2,15-17-8-7-14-22-16-17)28(24,25)19-11-9-18(26-3)10-12-19/h7-12,14,16H,4-6,13,15H2,1-3H3. The van der Waals surface area contributed by atoms with Gasteiger partial charge in [0, 0.05) is 18.8 Å². The van der Waals surface area contributed by atoms with Crippen molar-refractivity contribution in [2.75, 3.05) is 13.7 Å². The predicted molar refractivity (Wildman–Crippen MR) is 107 cm³/mol. The van der Waals surface area contributed by atoms with E-state index >= 15 is 0 Å². The highest BCUT2D eigenvalue weighted by Gasteiger charge is 2.52. The quantitative estimate of drug-likeness (QED) is 0.562. The van der Waals surface area contributed by atoms with Crippen LogP contribution in [0.5, 0.6) is 5.75 Å². The van der Waals surface area contributed by atoms with Gasteiger partial charge in [0.15, 0.2) is 14.6 Å². The number of methoxy groups -OCH3 is 1. The topological polar surface area (TPSA) is 82.6 Å². The number of carbonyl (C=O) groups is 1. The molecule has 0 aliphatic heterocycles. The maximum absolute atomic E-state index is 13.7. The number of rotatable bonds is 10. The molecule has 0 spiro atoms. The maximum atomic E-state index is 13.7. The Balaban J connectivity index is 2.62. The molecule has 0 radical (unpaired) electrons. The average molecular weight is 406 g/mol. The third kappa shape index (κ3) is 4.52. The van der Waals surface area contributed by atoms with Crippen LogP contribution >= 0.6 is 0 Å². The van der Waals surface area contributed by atoms with Crippen LogP contribution in [0, 0.1) is 0 Å². The van der Waals surface area contributed by atoms with Gasteiger partial charge in [-0.2, -0.15) is 0 Å². The van der Waals surface area contributed by atoms with Gasteiger partial charge < -0.3 is 9.47 Å². The molecule has 2 aromatic rings. The molecule has 1 atom stereocenters. The van der Waals surface area contributed by atoms with Gasteiger partial charge in [0.1, 0.15) is 5.75 Å². The zero-order valence-corrected chi connectivity index (χ0v) is 17.4. The smallest absolute Gasteiger partial charge is 0.328 e. The molecule has 1 unspecified atom stereocenters. The minimum absolute atomic E-state index is 0.00797. The van der Waals surface area contributed by atoms with Crippen LogP contribution < -0.4 is 4.74 Å². The summed E-state index contributed by atoms with van der Waals surface area (Å²) in [7, 11) is -2.53. The molecular formula is C21H27NO5S. The number of carbonyl (C=O) groups excluding carboxylic acids is 1.